The molecule has 0 aliphatic carbocycles. The summed E-state index contributed by atoms with van der Waals surface area (Å²) in [4.78, 5) is 11.0. The van der Waals surface area contributed by atoms with Crippen LogP contribution in [-0.4, -0.2) is 33.3 Å². The van der Waals surface area contributed by atoms with Crippen LogP contribution >= 0.6 is 11.6 Å². The monoisotopic (exact) mass is 244 g/mol. The van der Waals surface area contributed by atoms with Crippen molar-refractivity contribution in [3.63, 3.8) is 0 Å². The van der Waals surface area contributed by atoms with Crippen LogP contribution in [0.3, 0.4) is 0 Å². The number of aryl methyl sites for hydroxylation is 1. The molecule has 16 heavy (non-hydrogen) atoms. The van der Waals surface area contributed by atoms with Gasteiger partial charge in [-0.2, -0.15) is 0 Å². The normalized spacial score (nSPS) is 14.5. The van der Waals surface area contributed by atoms with Gasteiger partial charge < -0.3 is 15.3 Å². The minimum atomic E-state index is -1.29. The Morgan fingerprint density at radius 2 is 2.06 bits per heavy atom. The number of hydrogen-bond acceptors (Lipinski definition) is 3. The number of carboxylic acids is 1. The molecule has 0 aliphatic rings. The Morgan fingerprint density at radius 3 is 2.56 bits per heavy atom. The molecule has 2 atom stereocenters. The molecule has 2 unspecified atom stereocenters. The van der Waals surface area contributed by atoms with E-state index in [0.717, 1.165) is 0 Å². The lowest BCUT2D eigenvalue weighted by molar-refractivity contribution is 0.0312. The average molecular weight is 245 g/mol. The number of hydrogen-bond donors (Lipinski definition) is 3. The molecule has 0 heterocycles. The summed E-state index contributed by atoms with van der Waals surface area (Å²) in [6.07, 6.45) is -2.47. The van der Waals surface area contributed by atoms with Gasteiger partial charge in [-0.05, 0) is 18.1 Å². The summed E-state index contributed by atoms with van der Waals surface area (Å²) in [5.74, 6) is -1.29. The molecular formula is C11H13ClO4. The lowest BCUT2D eigenvalue weighted by Gasteiger charge is -2.18. The van der Waals surface area contributed by atoms with Crippen molar-refractivity contribution in [3.05, 3.63) is 34.9 Å². The van der Waals surface area contributed by atoms with Crippen LogP contribution in [0.5, 0.6) is 0 Å². The number of halogens is 1. The van der Waals surface area contributed by atoms with Gasteiger partial charge in [-0.3, -0.25) is 0 Å². The van der Waals surface area contributed by atoms with Crippen molar-refractivity contribution in [2.45, 2.75) is 19.1 Å². The van der Waals surface area contributed by atoms with E-state index in [1.807, 2.05) is 0 Å². The first-order valence-electron chi connectivity index (χ1n) is 4.74. The Bertz CT molecular complexity index is 392. The van der Waals surface area contributed by atoms with Gasteiger partial charge in [-0.15, -0.1) is 11.6 Å². The molecule has 0 bridgehead atoms. The van der Waals surface area contributed by atoms with Crippen molar-refractivity contribution in [1.82, 2.24) is 0 Å². The number of carboxylic acid groups (broad SMARTS) is 1. The Balaban J connectivity index is 3.22. The zero-order chi connectivity index (χ0) is 12.3. The van der Waals surface area contributed by atoms with E-state index in [4.69, 9.17) is 16.7 Å². The van der Waals surface area contributed by atoms with E-state index in [-0.39, 0.29) is 17.0 Å². The smallest absolute Gasteiger partial charge is 0.336 e. The largest absolute Gasteiger partial charge is 0.478 e. The highest BCUT2D eigenvalue weighted by Crippen LogP contribution is 2.24. The van der Waals surface area contributed by atoms with Crippen molar-refractivity contribution in [2.24, 2.45) is 0 Å². The second-order valence-corrected chi connectivity index (χ2v) is 3.82. The molecule has 0 amide bonds. The molecule has 0 fully saturated rings. The zero-order valence-electron chi connectivity index (χ0n) is 8.72. The van der Waals surface area contributed by atoms with Gasteiger partial charge in [0, 0.05) is 0 Å². The number of carbonyl (C=O) groups is 1. The second-order valence-electron chi connectivity index (χ2n) is 3.51. The predicted molar refractivity (Wildman–Crippen MR) is 59.8 cm³/mol. The molecule has 1 rings (SSSR count). The molecule has 1 aromatic carbocycles. The van der Waals surface area contributed by atoms with E-state index in [9.17, 15) is 15.0 Å². The lowest BCUT2D eigenvalue weighted by Crippen LogP contribution is -2.22. The Labute approximate surface area is 98.1 Å². The minimum Gasteiger partial charge on any atom is -0.478 e. The molecule has 0 radical (unpaired) electrons. The van der Waals surface area contributed by atoms with Crippen LogP contribution in [0.15, 0.2) is 18.2 Å². The Hall–Kier alpha value is -1.10. The van der Waals surface area contributed by atoms with E-state index in [1.165, 1.54) is 6.07 Å². The van der Waals surface area contributed by atoms with Crippen molar-refractivity contribution in [3.8, 4) is 0 Å². The van der Waals surface area contributed by atoms with E-state index in [1.54, 1.807) is 19.1 Å². The third kappa shape index (κ3) is 2.52. The first-order chi connectivity index (χ1) is 7.49. The lowest BCUT2D eigenvalue weighted by atomic mass is 9.95. The maximum absolute atomic E-state index is 11.0. The summed E-state index contributed by atoms with van der Waals surface area (Å²) >= 11 is 5.41. The molecule has 1 aromatic rings. The van der Waals surface area contributed by atoms with Crippen molar-refractivity contribution in [1.29, 1.82) is 0 Å². The molecule has 0 aromatic heterocycles. The summed E-state index contributed by atoms with van der Waals surface area (Å²) < 4.78 is 0. The van der Waals surface area contributed by atoms with Gasteiger partial charge in [0.1, 0.15) is 6.10 Å². The standard InChI is InChI=1S/C11H13ClO4/c1-6-3-2-4-7(9(6)11(15)16)10(14)8(13)5-12/h2-4,8,10,13-14H,5H2,1H3,(H,15,16). The SMILES string of the molecule is Cc1cccc(C(O)C(O)CCl)c1C(=O)O. The number of benzene rings is 1. The first-order valence-corrected chi connectivity index (χ1v) is 5.27. The fourth-order valence-corrected chi connectivity index (χ4v) is 1.69. The molecule has 0 saturated heterocycles. The number of aromatic carboxylic acids is 1. The van der Waals surface area contributed by atoms with Gasteiger partial charge in [0.05, 0.1) is 17.5 Å². The topological polar surface area (TPSA) is 77.8 Å². The minimum absolute atomic E-state index is 0.0131. The summed E-state index contributed by atoms with van der Waals surface area (Å²) in [5, 5.41) is 28.2. The average Bonchev–Trinajstić information content (AvgIpc) is 2.26. The van der Waals surface area contributed by atoms with E-state index in [2.05, 4.69) is 0 Å². The molecule has 4 nitrogen and oxygen atoms in total. The molecule has 0 aliphatic heterocycles. The first kappa shape index (κ1) is 13.0. The number of rotatable bonds is 4. The third-order valence-electron chi connectivity index (χ3n) is 2.36. The molecule has 0 spiro atoms. The van der Waals surface area contributed by atoms with E-state index in [0.29, 0.717) is 5.56 Å². The molecule has 3 N–H and O–H groups in total. The van der Waals surface area contributed by atoms with Crippen molar-refractivity contribution in [2.75, 3.05) is 5.88 Å². The highest BCUT2D eigenvalue weighted by Gasteiger charge is 2.23. The summed E-state index contributed by atoms with van der Waals surface area (Å²) in [5.41, 5.74) is 0.727. The quantitative estimate of drug-likeness (QED) is 0.699. The van der Waals surface area contributed by atoms with Gasteiger partial charge in [0.15, 0.2) is 0 Å². The Morgan fingerprint density at radius 1 is 1.44 bits per heavy atom. The Kier molecular flexibility index (Phi) is 4.29. The second kappa shape index (κ2) is 5.30. The van der Waals surface area contributed by atoms with Gasteiger partial charge >= 0.3 is 5.97 Å². The van der Waals surface area contributed by atoms with Crippen LogP contribution < -0.4 is 0 Å². The van der Waals surface area contributed by atoms with Crippen LogP contribution in [-0.2, 0) is 0 Å². The summed E-state index contributed by atoms with van der Waals surface area (Å²) in [7, 11) is 0. The van der Waals surface area contributed by atoms with Crippen LogP contribution in [0.25, 0.3) is 0 Å². The maximum Gasteiger partial charge on any atom is 0.336 e. The highest BCUT2D eigenvalue weighted by atomic mass is 35.5. The summed E-state index contributed by atoms with van der Waals surface area (Å²) in [6, 6.07) is 4.73. The summed E-state index contributed by atoms with van der Waals surface area (Å²) in [6.45, 7) is 1.63. The molecular weight excluding hydrogens is 232 g/mol. The highest BCUT2D eigenvalue weighted by molar-refractivity contribution is 6.18. The van der Waals surface area contributed by atoms with Crippen LogP contribution in [0.1, 0.15) is 27.6 Å². The maximum atomic E-state index is 11.0. The fourth-order valence-electron chi connectivity index (χ4n) is 1.52. The zero-order valence-corrected chi connectivity index (χ0v) is 9.48. The molecule has 5 heteroatoms. The van der Waals surface area contributed by atoms with Gasteiger partial charge in [-0.25, -0.2) is 4.79 Å². The fraction of sp³-hybridized carbons (Fsp3) is 0.364. The third-order valence-corrected chi connectivity index (χ3v) is 2.68. The number of alkyl halides is 1. The van der Waals surface area contributed by atoms with Crippen LogP contribution in [0.2, 0.25) is 0 Å². The number of aliphatic hydroxyl groups is 2. The van der Waals surface area contributed by atoms with E-state index < -0.39 is 18.2 Å². The van der Waals surface area contributed by atoms with Crippen LogP contribution in [0, 0.1) is 6.92 Å². The van der Waals surface area contributed by atoms with Crippen molar-refractivity contribution < 1.29 is 20.1 Å². The van der Waals surface area contributed by atoms with Gasteiger partial charge in [0.2, 0.25) is 0 Å². The van der Waals surface area contributed by atoms with E-state index >= 15 is 0 Å². The molecule has 0 saturated carbocycles. The predicted octanol–water partition coefficient (Wildman–Crippen LogP) is 1.33. The van der Waals surface area contributed by atoms with Gasteiger partial charge in [0.25, 0.3) is 0 Å². The van der Waals surface area contributed by atoms with Gasteiger partial charge in [-0.1, -0.05) is 18.2 Å². The number of aliphatic hydroxyl groups excluding tert-OH is 2. The van der Waals surface area contributed by atoms with Crippen molar-refractivity contribution >= 4 is 17.6 Å². The van der Waals surface area contributed by atoms with Crippen LogP contribution in [0.4, 0.5) is 0 Å². The molecule has 88 valence electrons.